The molecule has 3 aromatic rings. The molecule has 0 fully saturated rings. The molecule has 1 heterocycles. The molecule has 0 spiro atoms. The summed E-state index contributed by atoms with van der Waals surface area (Å²) in [6.45, 7) is 0. The minimum atomic E-state index is -1.01. The molecule has 122 valence electrons. The van der Waals surface area contributed by atoms with Gasteiger partial charge in [0, 0.05) is 11.1 Å². The quantitative estimate of drug-likeness (QED) is 0.733. The Morgan fingerprint density at radius 1 is 1.08 bits per heavy atom. The van der Waals surface area contributed by atoms with E-state index in [1.54, 1.807) is 12.1 Å². The molecule has 24 heavy (non-hydrogen) atoms. The summed E-state index contributed by atoms with van der Waals surface area (Å²) < 4.78 is 31.7. The summed E-state index contributed by atoms with van der Waals surface area (Å²) in [6.07, 6.45) is 0. The number of halogens is 4. The standard InChI is InChI=1S/C15H7Cl2F2N3O2/c16-7-1-3-9(11(17)5-7)14-21-22-15(24-14)20-13(23)10-4-2-8(18)6-12(10)19/h1-6H,(H,20,22,23). The number of benzene rings is 2. The molecule has 3 rings (SSSR count). The summed E-state index contributed by atoms with van der Waals surface area (Å²) in [4.78, 5) is 12.0. The maximum absolute atomic E-state index is 13.6. The van der Waals surface area contributed by atoms with Crippen molar-refractivity contribution in [2.45, 2.75) is 0 Å². The number of aromatic nitrogens is 2. The molecule has 0 aliphatic rings. The van der Waals surface area contributed by atoms with Gasteiger partial charge in [-0.3, -0.25) is 10.1 Å². The summed E-state index contributed by atoms with van der Waals surface area (Å²) in [6, 6.07) is 6.96. The maximum Gasteiger partial charge on any atom is 0.322 e. The van der Waals surface area contributed by atoms with Gasteiger partial charge < -0.3 is 4.42 Å². The molecule has 0 aliphatic heterocycles. The van der Waals surface area contributed by atoms with Crippen molar-refractivity contribution in [2.75, 3.05) is 5.32 Å². The van der Waals surface area contributed by atoms with Crippen molar-refractivity contribution < 1.29 is 18.0 Å². The zero-order chi connectivity index (χ0) is 17.3. The topological polar surface area (TPSA) is 68.0 Å². The van der Waals surface area contributed by atoms with E-state index < -0.39 is 17.5 Å². The minimum absolute atomic E-state index is 0.0477. The first-order valence-corrected chi connectivity index (χ1v) is 7.25. The lowest BCUT2D eigenvalue weighted by Crippen LogP contribution is -2.14. The van der Waals surface area contributed by atoms with Crippen molar-refractivity contribution in [2.24, 2.45) is 0 Å². The Kier molecular flexibility index (Phi) is 4.46. The summed E-state index contributed by atoms with van der Waals surface area (Å²) in [7, 11) is 0. The van der Waals surface area contributed by atoms with Crippen LogP contribution in [0.25, 0.3) is 11.5 Å². The zero-order valence-corrected chi connectivity index (χ0v) is 13.2. The van der Waals surface area contributed by atoms with E-state index >= 15 is 0 Å². The highest BCUT2D eigenvalue weighted by Crippen LogP contribution is 2.30. The Morgan fingerprint density at radius 3 is 2.58 bits per heavy atom. The van der Waals surface area contributed by atoms with E-state index in [4.69, 9.17) is 27.6 Å². The number of rotatable bonds is 3. The summed E-state index contributed by atoms with van der Waals surface area (Å²) in [5.74, 6) is -2.61. The van der Waals surface area contributed by atoms with Crippen LogP contribution in [-0.2, 0) is 0 Å². The van der Waals surface area contributed by atoms with Crippen LogP contribution in [0.3, 0.4) is 0 Å². The van der Waals surface area contributed by atoms with Crippen LogP contribution in [0.4, 0.5) is 14.8 Å². The molecule has 1 N–H and O–H groups in total. The minimum Gasteiger partial charge on any atom is -0.403 e. The van der Waals surface area contributed by atoms with E-state index in [1.165, 1.54) is 6.07 Å². The second-order valence-electron chi connectivity index (χ2n) is 4.61. The van der Waals surface area contributed by atoms with Gasteiger partial charge in [-0.1, -0.05) is 28.3 Å². The first kappa shape index (κ1) is 16.4. The van der Waals surface area contributed by atoms with Crippen molar-refractivity contribution in [1.82, 2.24) is 10.2 Å². The van der Waals surface area contributed by atoms with Crippen LogP contribution in [0.5, 0.6) is 0 Å². The fourth-order valence-corrected chi connectivity index (χ4v) is 2.37. The second kappa shape index (κ2) is 6.54. The van der Waals surface area contributed by atoms with E-state index in [0.717, 1.165) is 12.1 Å². The van der Waals surface area contributed by atoms with Gasteiger partial charge in [0.05, 0.1) is 16.1 Å². The molecule has 0 aliphatic carbocycles. The molecule has 2 aromatic carbocycles. The first-order chi connectivity index (χ1) is 11.4. The van der Waals surface area contributed by atoms with Crippen LogP contribution in [-0.4, -0.2) is 16.1 Å². The molecule has 0 unspecified atom stereocenters. The van der Waals surface area contributed by atoms with Crippen LogP contribution in [0, 0.1) is 11.6 Å². The number of nitrogens with zero attached hydrogens (tertiary/aromatic N) is 2. The van der Waals surface area contributed by atoms with Crippen LogP contribution in [0.15, 0.2) is 40.8 Å². The van der Waals surface area contributed by atoms with Crippen LogP contribution in [0.2, 0.25) is 10.0 Å². The zero-order valence-electron chi connectivity index (χ0n) is 11.7. The van der Waals surface area contributed by atoms with Crippen LogP contribution in [0.1, 0.15) is 10.4 Å². The highest BCUT2D eigenvalue weighted by atomic mass is 35.5. The number of anilines is 1. The summed E-state index contributed by atoms with van der Waals surface area (Å²) in [5.41, 5.74) is 0.0581. The van der Waals surface area contributed by atoms with Gasteiger partial charge in [0.2, 0.25) is 0 Å². The predicted octanol–water partition coefficient (Wildman–Crippen LogP) is 4.57. The number of carbonyl (C=O) groups is 1. The summed E-state index contributed by atoms with van der Waals surface area (Å²) >= 11 is 11.8. The Hall–Kier alpha value is -2.51. The number of hydrogen-bond acceptors (Lipinski definition) is 4. The first-order valence-electron chi connectivity index (χ1n) is 6.49. The number of amides is 1. The van der Waals surface area contributed by atoms with Crippen molar-refractivity contribution >= 4 is 35.1 Å². The fourth-order valence-electron chi connectivity index (χ4n) is 1.88. The van der Waals surface area contributed by atoms with Gasteiger partial charge >= 0.3 is 6.01 Å². The van der Waals surface area contributed by atoms with Gasteiger partial charge in [-0.15, -0.1) is 5.10 Å². The molecule has 5 nitrogen and oxygen atoms in total. The Balaban J connectivity index is 1.82. The van der Waals surface area contributed by atoms with Crippen molar-refractivity contribution in [3.8, 4) is 11.5 Å². The van der Waals surface area contributed by atoms with Gasteiger partial charge in [-0.05, 0) is 30.3 Å². The lowest BCUT2D eigenvalue weighted by Gasteiger charge is -2.02. The third-order valence-corrected chi connectivity index (χ3v) is 3.53. The maximum atomic E-state index is 13.6. The molecule has 0 saturated heterocycles. The van der Waals surface area contributed by atoms with E-state index in [0.29, 0.717) is 16.7 Å². The van der Waals surface area contributed by atoms with E-state index in [-0.39, 0.29) is 22.5 Å². The van der Waals surface area contributed by atoms with Crippen LogP contribution >= 0.6 is 23.2 Å². The number of hydrogen-bond donors (Lipinski definition) is 1. The molecule has 0 atom stereocenters. The fraction of sp³-hybridized carbons (Fsp3) is 0. The third kappa shape index (κ3) is 3.37. The smallest absolute Gasteiger partial charge is 0.322 e. The monoisotopic (exact) mass is 369 g/mol. The normalized spacial score (nSPS) is 10.7. The van der Waals surface area contributed by atoms with Crippen molar-refractivity contribution in [1.29, 1.82) is 0 Å². The molecular weight excluding hydrogens is 363 g/mol. The number of nitrogens with one attached hydrogen (secondary N) is 1. The Bertz CT molecular complexity index is 931. The van der Waals surface area contributed by atoms with Gasteiger partial charge in [-0.2, -0.15) is 0 Å². The SMILES string of the molecule is O=C(Nc1nnc(-c2ccc(Cl)cc2Cl)o1)c1ccc(F)cc1F. The molecule has 0 bridgehead atoms. The highest BCUT2D eigenvalue weighted by molar-refractivity contribution is 6.36. The molecule has 1 amide bonds. The Labute approximate surface area is 144 Å². The van der Waals surface area contributed by atoms with Gasteiger partial charge in [0.15, 0.2) is 0 Å². The van der Waals surface area contributed by atoms with Crippen molar-refractivity contribution in [3.05, 3.63) is 63.6 Å². The van der Waals surface area contributed by atoms with E-state index in [1.807, 2.05) is 0 Å². The molecule has 0 radical (unpaired) electrons. The molecule has 9 heteroatoms. The largest absolute Gasteiger partial charge is 0.403 e. The molecule has 1 aromatic heterocycles. The molecule has 0 saturated carbocycles. The predicted molar refractivity (Wildman–Crippen MR) is 84.1 cm³/mol. The lowest BCUT2D eigenvalue weighted by molar-refractivity contribution is 0.102. The molecular formula is C15H7Cl2F2N3O2. The third-order valence-electron chi connectivity index (χ3n) is 2.98. The van der Waals surface area contributed by atoms with Gasteiger partial charge in [0.1, 0.15) is 11.6 Å². The summed E-state index contributed by atoms with van der Waals surface area (Å²) in [5, 5.41) is 10.3. The Morgan fingerprint density at radius 2 is 1.88 bits per heavy atom. The van der Waals surface area contributed by atoms with E-state index in [2.05, 4.69) is 15.5 Å². The number of carbonyl (C=O) groups excluding carboxylic acids is 1. The lowest BCUT2D eigenvalue weighted by atomic mass is 10.2. The van der Waals surface area contributed by atoms with Crippen LogP contribution < -0.4 is 5.32 Å². The van der Waals surface area contributed by atoms with Gasteiger partial charge in [0.25, 0.3) is 11.8 Å². The van der Waals surface area contributed by atoms with E-state index in [9.17, 15) is 13.6 Å². The average molecular weight is 370 g/mol. The average Bonchev–Trinajstić information content (AvgIpc) is 2.95. The van der Waals surface area contributed by atoms with Crippen molar-refractivity contribution in [3.63, 3.8) is 0 Å². The highest BCUT2D eigenvalue weighted by Gasteiger charge is 2.17. The second-order valence-corrected chi connectivity index (χ2v) is 5.46. The van der Waals surface area contributed by atoms with Gasteiger partial charge in [-0.25, -0.2) is 8.78 Å².